The third-order valence-electron chi connectivity index (χ3n) is 1.38. The van der Waals surface area contributed by atoms with Crippen LogP contribution in [0.5, 0.6) is 0 Å². The normalized spacial score (nSPS) is 10.5. The van der Waals surface area contributed by atoms with Gasteiger partial charge in [0.05, 0.1) is 17.3 Å². The molecule has 0 unspecified atom stereocenters. The van der Waals surface area contributed by atoms with Gasteiger partial charge in [0.1, 0.15) is 0 Å². The van der Waals surface area contributed by atoms with Crippen LogP contribution >= 0.6 is 23.2 Å². The van der Waals surface area contributed by atoms with Crippen LogP contribution in [0.15, 0.2) is 18.2 Å². The van der Waals surface area contributed by atoms with Gasteiger partial charge in [0.15, 0.2) is 0 Å². The second kappa shape index (κ2) is 4.63. The van der Waals surface area contributed by atoms with E-state index in [0.29, 0.717) is 15.7 Å². The SMILES string of the molecule is FC(F)CNc1ccc(Cl)cc1Cl. The molecule has 0 spiro atoms. The highest BCUT2D eigenvalue weighted by Crippen LogP contribution is 2.25. The van der Waals surface area contributed by atoms with Crippen LogP contribution in [0.25, 0.3) is 0 Å². The van der Waals surface area contributed by atoms with Crippen molar-refractivity contribution < 1.29 is 8.78 Å². The fraction of sp³-hybridized carbons (Fsp3) is 0.250. The van der Waals surface area contributed by atoms with E-state index in [4.69, 9.17) is 23.2 Å². The van der Waals surface area contributed by atoms with Gasteiger partial charge in [-0.25, -0.2) is 8.78 Å². The van der Waals surface area contributed by atoms with E-state index in [9.17, 15) is 8.78 Å². The lowest BCUT2D eigenvalue weighted by atomic mass is 10.3. The average molecular weight is 226 g/mol. The number of alkyl halides is 2. The number of anilines is 1. The Labute approximate surface area is 84.6 Å². The predicted octanol–water partition coefficient (Wildman–Crippen LogP) is 3.67. The van der Waals surface area contributed by atoms with Gasteiger partial charge in [-0.2, -0.15) is 0 Å². The van der Waals surface area contributed by atoms with Gasteiger partial charge in [0.2, 0.25) is 0 Å². The Morgan fingerprint density at radius 3 is 2.54 bits per heavy atom. The minimum atomic E-state index is -2.40. The molecule has 0 aliphatic heterocycles. The summed E-state index contributed by atoms with van der Waals surface area (Å²) in [5.74, 6) is 0. The van der Waals surface area contributed by atoms with Crippen LogP contribution in [0.2, 0.25) is 10.0 Å². The number of rotatable bonds is 3. The zero-order chi connectivity index (χ0) is 9.84. The standard InChI is InChI=1S/C8H7Cl2F2N/c9-5-1-2-7(6(10)3-5)13-4-8(11)12/h1-3,8,13H,4H2. The van der Waals surface area contributed by atoms with E-state index in [-0.39, 0.29) is 0 Å². The second-order valence-electron chi connectivity index (χ2n) is 2.40. The highest BCUT2D eigenvalue weighted by Gasteiger charge is 2.04. The number of hydrogen-bond acceptors (Lipinski definition) is 1. The van der Waals surface area contributed by atoms with E-state index < -0.39 is 13.0 Å². The van der Waals surface area contributed by atoms with Crippen LogP contribution in [0.1, 0.15) is 0 Å². The summed E-state index contributed by atoms with van der Waals surface area (Å²) in [6.07, 6.45) is -2.40. The van der Waals surface area contributed by atoms with Gasteiger partial charge in [-0.1, -0.05) is 23.2 Å². The van der Waals surface area contributed by atoms with Gasteiger partial charge < -0.3 is 5.32 Å². The van der Waals surface area contributed by atoms with Crippen molar-refractivity contribution in [2.75, 3.05) is 11.9 Å². The number of nitrogens with one attached hydrogen (secondary N) is 1. The van der Waals surface area contributed by atoms with Gasteiger partial charge in [0, 0.05) is 5.02 Å². The first kappa shape index (κ1) is 10.5. The second-order valence-corrected chi connectivity index (χ2v) is 3.24. The van der Waals surface area contributed by atoms with Crippen molar-refractivity contribution >= 4 is 28.9 Å². The molecule has 0 saturated carbocycles. The first-order chi connectivity index (χ1) is 6.09. The fourth-order valence-electron chi connectivity index (χ4n) is 0.820. The molecule has 0 aliphatic carbocycles. The van der Waals surface area contributed by atoms with Crippen molar-refractivity contribution in [3.63, 3.8) is 0 Å². The largest absolute Gasteiger partial charge is 0.378 e. The van der Waals surface area contributed by atoms with Crippen LogP contribution < -0.4 is 5.32 Å². The summed E-state index contributed by atoms with van der Waals surface area (Å²) >= 11 is 11.3. The molecular formula is C8H7Cl2F2N. The van der Waals surface area contributed by atoms with Crippen molar-refractivity contribution in [3.8, 4) is 0 Å². The van der Waals surface area contributed by atoms with Crippen LogP contribution in [0, 0.1) is 0 Å². The first-order valence-electron chi connectivity index (χ1n) is 3.56. The molecule has 0 amide bonds. The maximum atomic E-state index is 11.8. The topological polar surface area (TPSA) is 12.0 Å². The summed E-state index contributed by atoms with van der Waals surface area (Å²) < 4.78 is 23.6. The quantitative estimate of drug-likeness (QED) is 0.828. The zero-order valence-electron chi connectivity index (χ0n) is 6.53. The van der Waals surface area contributed by atoms with E-state index in [1.807, 2.05) is 0 Å². The third-order valence-corrected chi connectivity index (χ3v) is 1.93. The molecule has 0 aliphatic rings. The van der Waals surface area contributed by atoms with Gasteiger partial charge in [-0.15, -0.1) is 0 Å². The molecule has 0 radical (unpaired) electrons. The van der Waals surface area contributed by atoms with E-state index in [0.717, 1.165) is 0 Å². The maximum Gasteiger partial charge on any atom is 0.255 e. The molecule has 1 rings (SSSR count). The lowest BCUT2D eigenvalue weighted by molar-refractivity contribution is 0.163. The summed E-state index contributed by atoms with van der Waals surface area (Å²) in [4.78, 5) is 0. The molecule has 1 aromatic rings. The van der Waals surface area contributed by atoms with Crippen molar-refractivity contribution in [3.05, 3.63) is 28.2 Å². The van der Waals surface area contributed by atoms with E-state index in [2.05, 4.69) is 5.32 Å². The predicted molar refractivity (Wildman–Crippen MR) is 51.0 cm³/mol. The van der Waals surface area contributed by atoms with Crippen LogP contribution in [-0.4, -0.2) is 13.0 Å². The maximum absolute atomic E-state index is 11.8. The van der Waals surface area contributed by atoms with Crippen molar-refractivity contribution in [2.45, 2.75) is 6.43 Å². The molecule has 0 aromatic heterocycles. The molecule has 0 heterocycles. The first-order valence-corrected chi connectivity index (χ1v) is 4.32. The summed E-state index contributed by atoms with van der Waals surface area (Å²) in [5, 5.41) is 3.32. The molecule has 1 nitrogen and oxygen atoms in total. The Bertz CT molecular complexity index is 291. The number of benzene rings is 1. The third kappa shape index (κ3) is 3.36. The lowest BCUT2D eigenvalue weighted by Gasteiger charge is -2.07. The Hall–Kier alpha value is -0.540. The molecule has 5 heteroatoms. The molecular weight excluding hydrogens is 219 g/mol. The zero-order valence-corrected chi connectivity index (χ0v) is 8.04. The fourth-order valence-corrected chi connectivity index (χ4v) is 1.30. The minimum absolute atomic E-state index is 0.341. The molecule has 1 aromatic carbocycles. The highest BCUT2D eigenvalue weighted by atomic mass is 35.5. The van der Waals surface area contributed by atoms with Gasteiger partial charge in [-0.05, 0) is 18.2 Å². The Morgan fingerprint density at radius 2 is 2.00 bits per heavy atom. The Balaban J connectivity index is 2.67. The van der Waals surface area contributed by atoms with Gasteiger partial charge in [-0.3, -0.25) is 0 Å². The van der Waals surface area contributed by atoms with Crippen molar-refractivity contribution in [1.29, 1.82) is 0 Å². The Morgan fingerprint density at radius 1 is 1.31 bits per heavy atom. The molecule has 0 atom stereocenters. The van der Waals surface area contributed by atoms with Crippen LogP contribution in [-0.2, 0) is 0 Å². The molecule has 0 fully saturated rings. The van der Waals surface area contributed by atoms with E-state index in [1.54, 1.807) is 12.1 Å². The Kier molecular flexibility index (Phi) is 3.75. The summed E-state index contributed by atoms with van der Waals surface area (Å²) in [5.41, 5.74) is 0.464. The van der Waals surface area contributed by atoms with Crippen molar-refractivity contribution in [1.82, 2.24) is 0 Å². The van der Waals surface area contributed by atoms with E-state index in [1.165, 1.54) is 6.07 Å². The minimum Gasteiger partial charge on any atom is -0.378 e. The number of hydrogen-bond donors (Lipinski definition) is 1. The smallest absolute Gasteiger partial charge is 0.255 e. The van der Waals surface area contributed by atoms with Crippen molar-refractivity contribution in [2.24, 2.45) is 0 Å². The number of halogens is 4. The van der Waals surface area contributed by atoms with Crippen LogP contribution in [0.4, 0.5) is 14.5 Å². The molecule has 1 N–H and O–H groups in total. The van der Waals surface area contributed by atoms with Gasteiger partial charge >= 0.3 is 0 Å². The molecule has 0 bridgehead atoms. The summed E-state index contributed by atoms with van der Waals surface area (Å²) in [6, 6.07) is 4.64. The van der Waals surface area contributed by atoms with E-state index >= 15 is 0 Å². The monoisotopic (exact) mass is 225 g/mol. The lowest BCUT2D eigenvalue weighted by Crippen LogP contribution is -2.10. The molecule has 72 valence electrons. The molecule has 13 heavy (non-hydrogen) atoms. The molecule has 0 saturated heterocycles. The van der Waals surface area contributed by atoms with Gasteiger partial charge in [0.25, 0.3) is 6.43 Å². The average Bonchev–Trinajstić information content (AvgIpc) is 2.02. The highest BCUT2D eigenvalue weighted by molar-refractivity contribution is 6.36. The summed E-state index contributed by atoms with van der Waals surface area (Å²) in [7, 11) is 0. The summed E-state index contributed by atoms with van der Waals surface area (Å²) in [6.45, 7) is -0.415. The van der Waals surface area contributed by atoms with Crippen LogP contribution in [0.3, 0.4) is 0 Å².